The average molecular weight is 565 g/mol. The summed E-state index contributed by atoms with van der Waals surface area (Å²) in [5.74, 6) is -4.78. The van der Waals surface area contributed by atoms with Crippen LogP contribution in [0.5, 0.6) is 0 Å². The molecule has 8 rings (SSSR count). The molecule has 2 bridgehead atoms. The highest BCUT2D eigenvalue weighted by Gasteiger charge is 2.78. The maximum absolute atomic E-state index is 14.6. The summed E-state index contributed by atoms with van der Waals surface area (Å²) in [5.41, 5.74) is 0.271. The fourth-order valence-electron chi connectivity index (χ4n) is 8.86. The van der Waals surface area contributed by atoms with Gasteiger partial charge in [0.1, 0.15) is 29.5 Å². The molecule has 0 aromatic heterocycles. The zero-order valence-electron chi connectivity index (χ0n) is 22.6. The third-order valence-electron chi connectivity index (χ3n) is 10.4. The van der Waals surface area contributed by atoms with Gasteiger partial charge >= 0.3 is 11.9 Å². The van der Waals surface area contributed by atoms with E-state index in [9.17, 15) is 24.0 Å². The number of Topliss-reactive ketones (excluding diaryl/α,β-unsaturated/α-hetero) is 2. The number of rotatable bonds is 4. The van der Waals surface area contributed by atoms with Gasteiger partial charge in [-0.25, -0.2) is 0 Å². The standard InChI is InChI=1S/C34H28O8/c35-22-16-23(18-9-5-2-6-10-18)41-32-28(22)19-14-26(37)42-31(19)29-20-13-24-21(15-27(38)40-24)34(30(29)32,33(20)39)25(36)12-11-17-7-3-1-4-8-17/h1-12,19-21,23-24,29-31H,13-16H2/t19-,20-,21+,23-,24+,29-,30+,31-,34-/m1/s1. The van der Waals surface area contributed by atoms with Crippen molar-refractivity contribution < 1.29 is 38.2 Å². The van der Waals surface area contributed by atoms with Crippen molar-refractivity contribution in [1.29, 1.82) is 0 Å². The Hall–Kier alpha value is -4.33. The summed E-state index contributed by atoms with van der Waals surface area (Å²) in [4.78, 5) is 68.5. The van der Waals surface area contributed by atoms with E-state index in [1.165, 1.54) is 6.08 Å². The zero-order valence-corrected chi connectivity index (χ0v) is 22.6. The summed E-state index contributed by atoms with van der Waals surface area (Å²) in [6, 6.07) is 18.7. The van der Waals surface area contributed by atoms with E-state index in [0.717, 1.165) is 11.1 Å². The van der Waals surface area contributed by atoms with Crippen molar-refractivity contribution >= 4 is 35.4 Å². The summed E-state index contributed by atoms with van der Waals surface area (Å²) in [7, 11) is 0. The monoisotopic (exact) mass is 564 g/mol. The topological polar surface area (TPSA) is 113 Å². The molecule has 0 unspecified atom stereocenters. The first-order chi connectivity index (χ1) is 20.4. The normalized spacial score (nSPS) is 37.9. The van der Waals surface area contributed by atoms with Crippen molar-refractivity contribution in [2.75, 3.05) is 0 Å². The number of allylic oxidation sites excluding steroid dienone is 2. The summed E-state index contributed by atoms with van der Waals surface area (Å²) in [6.07, 6.45) is 1.42. The molecule has 2 aromatic carbocycles. The quantitative estimate of drug-likeness (QED) is 0.312. The molecule has 2 aromatic rings. The molecule has 6 aliphatic rings. The van der Waals surface area contributed by atoms with Gasteiger partial charge in [0, 0.05) is 35.2 Å². The fourth-order valence-corrected chi connectivity index (χ4v) is 8.86. The van der Waals surface area contributed by atoms with Crippen LogP contribution in [0.1, 0.15) is 42.9 Å². The van der Waals surface area contributed by atoms with Crippen LogP contribution in [0.2, 0.25) is 0 Å². The smallest absolute Gasteiger partial charge is 0.306 e. The van der Waals surface area contributed by atoms with E-state index < -0.39 is 71.0 Å². The highest BCUT2D eigenvalue weighted by Crippen LogP contribution is 2.69. The first-order valence-electron chi connectivity index (χ1n) is 14.6. The summed E-state index contributed by atoms with van der Waals surface area (Å²) in [6.45, 7) is 0. The Morgan fingerprint density at radius 3 is 2.29 bits per heavy atom. The molecule has 3 aliphatic carbocycles. The fraction of sp³-hybridized carbons (Fsp3) is 0.382. The molecule has 2 saturated heterocycles. The molecule has 42 heavy (non-hydrogen) atoms. The van der Waals surface area contributed by atoms with Crippen molar-refractivity contribution in [3.05, 3.63) is 89.2 Å². The molecule has 2 saturated carbocycles. The van der Waals surface area contributed by atoms with Crippen LogP contribution < -0.4 is 0 Å². The van der Waals surface area contributed by atoms with E-state index in [-0.39, 0.29) is 37.2 Å². The van der Waals surface area contributed by atoms with Gasteiger partial charge in [0.2, 0.25) is 0 Å². The second-order valence-corrected chi connectivity index (χ2v) is 12.3. The van der Waals surface area contributed by atoms with Crippen LogP contribution in [-0.4, -0.2) is 41.5 Å². The van der Waals surface area contributed by atoms with Crippen LogP contribution >= 0.6 is 0 Å². The van der Waals surface area contributed by atoms with Crippen molar-refractivity contribution in [3.8, 4) is 0 Å². The summed E-state index contributed by atoms with van der Waals surface area (Å²) in [5, 5.41) is 0. The van der Waals surface area contributed by atoms with Crippen molar-refractivity contribution in [1.82, 2.24) is 0 Å². The minimum absolute atomic E-state index is 0.0232. The molecule has 0 N–H and O–H groups in total. The van der Waals surface area contributed by atoms with Crippen LogP contribution in [-0.2, 0) is 38.2 Å². The molecule has 3 heterocycles. The van der Waals surface area contributed by atoms with Gasteiger partial charge in [0.15, 0.2) is 17.3 Å². The maximum atomic E-state index is 14.6. The minimum Gasteiger partial charge on any atom is -0.489 e. The first-order valence-corrected chi connectivity index (χ1v) is 14.6. The zero-order chi connectivity index (χ0) is 28.7. The largest absolute Gasteiger partial charge is 0.489 e. The van der Waals surface area contributed by atoms with Gasteiger partial charge in [-0.2, -0.15) is 0 Å². The number of esters is 2. The van der Waals surface area contributed by atoms with Crippen LogP contribution in [0.25, 0.3) is 6.08 Å². The van der Waals surface area contributed by atoms with E-state index in [0.29, 0.717) is 11.3 Å². The van der Waals surface area contributed by atoms with E-state index in [2.05, 4.69) is 0 Å². The van der Waals surface area contributed by atoms with Gasteiger partial charge in [-0.05, 0) is 23.6 Å². The van der Waals surface area contributed by atoms with Gasteiger partial charge in [0.25, 0.3) is 0 Å². The first kappa shape index (κ1) is 25.4. The van der Waals surface area contributed by atoms with Crippen molar-refractivity contribution in [3.63, 3.8) is 0 Å². The average Bonchev–Trinajstić information content (AvgIpc) is 3.62. The molecular formula is C34H28O8. The lowest BCUT2D eigenvalue weighted by Gasteiger charge is -2.46. The van der Waals surface area contributed by atoms with Crippen LogP contribution in [0.15, 0.2) is 78.1 Å². The number of carbonyl (C=O) groups excluding carboxylic acids is 5. The number of carbonyl (C=O) groups is 5. The van der Waals surface area contributed by atoms with Crippen LogP contribution in [0.4, 0.5) is 0 Å². The second kappa shape index (κ2) is 9.08. The molecule has 9 atom stereocenters. The molecule has 8 nitrogen and oxygen atoms in total. The number of ether oxygens (including phenoxy) is 3. The Bertz CT molecular complexity index is 1610. The maximum Gasteiger partial charge on any atom is 0.306 e. The molecule has 0 spiro atoms. The lowest BCUT2D eigenvalue weighted by molar-refractivity contribution is -0.154. The van der Waals surface area contributed by atoms with E-state index in [4.69, 9.17) is 14.2 Å². The van der Waals surface area contributed by atoms with Crippen LogP contribution in [0.3, 0.4) is 0 Å². The third-order valence-corrected chi connectivity index (χ3v) is 10.4. The van der Waals surface area contributed by atoms with Crippen molar-refractivity contribution in [2.45, 2.75) is 44.0 Å². The predicted molar refractivity (Wildman–Crippen MR) is 146 cm³/mol. The molecule has 8 heteroatoms. The molecule has 212 valence electrons. The second-order valence-electron chi connectivity index (χ2n) is 12.3. The lowest BCUT2D eigenvalue weighted by atomic mass is 9.57. The highest BCUT2D eigenvalue weighted by molar-refractivity contribution is 6.17. The van der Waals surface area contributed by atoms with Crippen LogP contribution in [0, 0.1) is 35.0 Å². The Kier molecular flexibility index (Phi) is 5.49. The van der Waals surface area contributed by atoms with E-state index >= 15 is 0 Å². The van der Waals surface area contributed by atoms with Gasteiger partial charge in [0.05, 0.1) is 19.3 Å². The highest BCUT2D eigenvalue weighted by atomic mass is 16.6. The molecule has 0 radical (unpaired) electrons. The van der Waals surface area contributed by atoms with E-state index in [1.807, 2.05) is 60.7 Å². The van der Waals surface area contributed by atoms with Gasteiger partial charge in [-0.3, -0.25) is 24.0 Å². The number of benzene rings is 2. The Labute approximate surface area is 241 Å². The summed E-state index contributed by atoms with van der Waals surface area (Å²) >= 11 is 0. The van der Waals surface area contributed by atoms with E-state index in [1.54, 1.807) is 6.08 Å². The Morgan fingerprint density at radius 1 is 0.810 bits per heavy atom. The third kappa shape index (κ3) is 3.38. The summed E-state index contributed by atoms with van der Waals surface area (Å²) < 4.78 is 18.3. The number of hydrogen-bond acceptors (Lipinski definition) is 8. The van der Waals surface area contributed by atoms with Gasteiger partial charge < -0.3 is 14.2 Å². The Morgan fingerprint density at radius 2 is 1.52 bits per heavy atom. The predicted octanol–water partition coefficient (Wildman–Crippen LogP) is 3.95. The van der Waals surface area contributed by atoms with Gasteiger partial charge in [-0.1, -0.05) is 66.7 Å². The minimum atomic E-state index is -1.69. The molecule has 0 amide bonds. The number of ketones is 3. The number of fused-ring (bicyclic) bond motifs is 11. The number of hydrogen-bond donors (Lipinski definition) is 0. The molecular weight excluding hydrogens is 536 g/mol. The SMILES string of the molecule is O=C1C[C@@H]2C3=C(O[C@@H](c4ccccc4)CC3=O)[C@@H]3[C@H]([C@@H]2O1)[C@H]1C[C@@H]2OC(=O)C[C@@H]2[C@]3(C(=O)C=Cc2ccccc2)C1=O. The molecule has 3 aliphatic heterocycles. The van der Waals surface area contributed by atoms with Gasteiger partial charge in [-0.15, -0.1) is 0 Å². The lowest BCUT2D eigenvalue weighted by Crippen LogP contribution is -2.54. The van der Waals surface area contributed by atoms with Crippen molar-refractivity contribution in [2.24, 2.45) is 35.0 Å². The molecule has 4 fully saturated rings. The Balaban J connectivity index is 1.33.